The summed E-state index contributed by atoms with van der Waals surface area (Å²) in [7, 11) is 1.68. The summed E-state index contributed by atoms with van der Waals surface area (Å²) in [5.41, 5.74) is 4.13. The number of aromatic nitrogens is 2. The standard InChI is InChI=1S/C25H31N5O3/c1-18-8-7-13-30-23(19(2)27-24(18)30)25(32)26-12-6-11-22(31)29-16-14-28(15-17-29)20-9-4-5-10-21(20)33-3/h4-5,7-10,13H,6,11-12,14-17H2,1-3H3,(H,26,32). The Kier molecular flexibility index (Phi) is 6.82. The van der Waals surface area contributed by atoms with Gasteiger partial charge in [0, 0.05) is 45.3 Å². The first-order chi connectivity index (χ1) is 16.0. The van der Waals surface area contributed by atoms with Gasteiger partial charge in [-0.15, -0.1) is 0 Å². The number of nitrogens with one attached hydrogen (secondary N) is 1. The van der Waals surface area contributed by atoms with Crippen molar-refractivity contribution in [1.82, 2.24) is 19.6 Å². The summed E-state index contributed by atoms with van der Waals surface area (Å²) < 4.78 is 7.28. The van der Waals surface area contributed by atoms with E-state index in [0.717, 1.165) is 35.7 Å². The van der Waals surface area contributed by atoms with Crippen LogP contribution in [0.15, 0.2) is 42.6 Å². The Morgan fingerprint density at radius 3 is 2.58 bits per heavy atom. The first-order valence-electron chi connectivity index (χ1n) is 11.4. The fourth-order valence-corrected chi connectivity index (χ4v) is 4.36. The molecule has 3 aromatic rings. The predicted molar refractivity (Wildman–Crippen MR) is 128 cm³/mol. The van der Waals surface area contributed by atoms with Crippen LogP contribution in [0.4, 0.5) is 5.69 Å². The lowest BCUT2D eigenvalue weighted by Crippen LogP contribution is -2.49. The lowest BCUT2D eigenvalue weighted by molar-refractivity contribution is -0.131. The third kappa shape index (κ3) is 4.79. The van der Waals surface area contributed by atoms with Crippen LogP contribution >= 0.6 is 0 Å². The maximum Gasteiger partial charge on any atom is 0.270 e. The van der Waals surface area contributed by atoms with Gasteiger partial charge in [0.25, 0.3) is 5.91 Å². The molecule has 0 unspecified atom stereocenters. The molecule has 3 heterocycles. The highest BCUT2D eigenvalue weighted by Gasteiger charge is 2.23. The molecule has 1 N–H and O–H groups in total. The minimum Gasteiger partial charge on any atom is -0.495 e. The molecule has 174 valence electrons. The molecule has 1 aliphatic rings. The van der Waals surface area contributed by atoms with Crippen LogP contribution in [0.5, 0.6) is 5.75 Å². The molecule has 0 spiro atoms. The number of hydrogen-bond acceptors (Lipinski definition) is 5. The highest BCUT2D eigenvalue weighted by Crippen LogP contribution is 2.28. The molecule has 0 atom stereocenters. The molecule has 1 fully saturated rings. The summed E-state index contributed by atoms with van der Waals surface area (Å²) in [5.74, 6) is 0.818. The molecule has 33 heavy (non-hydrogen) atoms. The minimum atomic E-state index is -0.163. The number of aryl methyl sites for hydroxylation is 2. The lowest BCUT2D eigenvalue weighted by Gasteiger charge is -2.36. The number of methoxy groups -OCH3 is 1. The van der Waals surface area contributed by atoms with E-state index in [2.05, 4.69) is 15.2 Å². The van der Waals surface area contributed by atoms with Crippen LogP contribution in [0, 0.1) is 13.8 Å². The zero-order valence-corrected chi connectivity index (χ0v) is 19.5. The van der Waals surface area contributed by atoms with Crippen molar-refractivity contribution >= 4 is 23.1 Å². The summed E-state index contributed by atoms with van der Waals surface area (Å²) in [6.45, 7) is 7.18. The number of nitrogens with zero attached hydrogens (tertiary/aromatic N) is 4. The first kappa shape index (κ1) is 22.6. The van der Waals surface area contributed by atoms with Crippen molar-refractivity contribution in [3.05, 3.63) is 59.5 Å². The minimum absolute atomic E-state index is 0.130. The number of hydrogen-bond donors (Lipinski definition) is 1. The van der Waals surface area contributed by atoms with Crippen LogP contribution in [0.25, 0.3) is 5.65 Å². The Hall–Kier alpha value is -3.55. The van der Waals surface area contributed by atoms with Gasteiger partial charge < -0.3 is 19.9 Å². The number of carbonyl (C=O) groups excluding carboxylic acids is 2. The van der Waals surface area contributed by atoms with Crippen molar-refractivity contribution in [2.45, 2.75) is 26.7 Å². The monoisotopic (exact) mass is 449 g/mol. The molecule has 0 bridgehead atoms. The van der Waals surface area contributed by atoms with Gasteiger partial charge in [0.1, 0.15) is 17.1 Å². The van der Waals surface area contributed by atoms with Crippen molar-refractivity contribution in [2.24, 2.45) is 0 Å². The molecule has 1 saturated heterocycles. The molecular weight excluding hydrogens is 418 g/mol. The zero-order valence-electron chi connectivity index (χ0n) is 19.5. The topological polar surface area (TPSA) is 79.2 Å². The summed E-state index contributed by atoms with van der Waals surface area (Å²) in [6.07, 6.45) is 2.87. The summed E-state index contributed by atoms with van der Waals surface area (Å²) in [5, 5.41) is 2.94. The Morgan fingerprint density at radius 1 is 1.06 bits per heavy atom. The Labute approximate surface area is 194 Å². The van der Waals surface area contributed by atoms with Gasteiger partial charge in [-0.05, 0) is 44.0 Å². The Balaban J connectivity index is 1.24. The smallest absolute Gasteiger partial charge is 0.270 e. The second-order valence-electron chi connectivity index (χ2n) is 8.33. The molecule has 1 aromatic carbocycles. The third-order valence-electron chi connectivity index (χ3n) is 6.15. The average Bonchev–Trinajstić information content (AvgIpc) is 3.19. The first-order valence-corrected chi connectivity index (χ1v) is 11.4. The van der Waals surface area contributed by atoms with Crippen LogP contribution in [0.1, 0.15) is 34.6 Å². The number of anilines is 1. The fourth-order valence-electron chi connectivity index (χ4n) is 4.36. The molecule has 0 saturated carbocycles. The zero-order chi connectivity index (χ0) is 23.4. The fraction of sp³-hybridized carbons (Fsp3) is 0.400. The van der Waals surface area contributed by atoms with Gasteiger partial charge in [-0.2, -0.15) is 0 Å². The number of ether oxygens (including phenoxy) is 1. The predicted octanol–water partition coefficient (Wildman–Crippen LogP) is 2.82. The molecule has 2 amide bonds. The van der Waals surface area contributed by atoms with Crippen LogP contribution < -0.4 is 15.0 Å². The van der Waals surface area contributed by atoms with Crippen molar-refractivity contribution < 1.29 is 14.3 Å². The van der Waals surface area contributed by atoms with E-state index < -0.39 is 0 Å². The second-order valence-corrected chi connectivity index (χ2v) is 8.33. The van der Waals surface area contributed by atoms with Gasteiger partial charge in [0.15, 0.2) is 0 Å². The summed E-state index contributed by atoms with van der Waals surface area (Å²) in [4.78, 5) is 34.1. The number of rotatable bonds is 7. The van der Waals surface area contributed by atoms with Crippen molar-refractivity contribution in [3.63, 3.8) is 0 Å². The van der Waals surface area contributed by atoms with Crippen LogP contribution in [-0.4, -0.2) is 65.9 Å². The van der Waals surface area contributed by atoms with Gasteiger partial charge in [0.05, 0.1) is 18.5 Å². The van der Waals surface area contributed by atoms with Crippen molar-refractivity contribution in [3.8, 4) is 5.75 Å². The van der Waals surface area contributed by atoms with E-state index in [1.54, 1.807) is 7.11 Å². The SMILES string of the molecule is COc1ccccc1N1CCN(C(=O)CCCNC(=O)c2c(C)nc3c(C)cccn23)CC1. The molecular formula is C25H31N5O3. The van der Waals surface area contributed by atoms with Gasteiger partial charge in [0.2, 0.25) is 5.91 Å². The van der Waals surface area contributed by atoms with E-state index in [-0.39, 0.29) is 11.8 Å². The largest absolute Gasteiger partial charge is 0.495 e. The second kappa shape index (κ2) is 9.94. The molecule has 0 radical (unpaired) electrons. The lowest BCUT2D eigenvalue weighted by atomic mass is 10.2. The quantitative estimate of drug-likeness (QED) is 0.561. The number of fused-ring (bicyclic) bond motifs is 1. The Morgan fingerprint density at radius 2 is 1.82 bits per heavy atom. The van der Waals surface area contributed by atoms with E-state index in [0.29, 0.717) is 43.9 Å². The van der Waals surface area contributed by atoms with Crippen LogP contribution in [0.3, 0.4) is 0 Å². The molecule has 1 aliphatic heterocycles. The van der Waals surface area contributed by atoms with E-state index in [1.165, 1.54) is 0 Å². The molecule has 0 aliphatic carbocycles. The highest BCUT2D eigenvalue weighted by molar-refractivity contribution is 5.94. The summed E-state index contributed by atoms with van der Waals surface area (Å²) in [6, 6.07) is 11.8. The van der Waals surface area contributed by atoms with Crippen molar-refractivity contribution in [1.29, 1.82) is 0 Å². The van der Waals surface area contributed by atoms with Gasteiger partial charge in [-0.3, -0.25) is 14.0 Å². The molecule has 8 heteroatoms. The number of amides is 2. The summed E-state index contributed by atoms with van der Waals surface area (Å²) >= 11 is 0. The number of benzene rings is 1. The van der Waals surface area contributed by atoms with E-state index >= 15 is 0 Å². The number of imidazole rings is 1. The maximum absolute atomic E-state index is 12.7. The van der Waals surface area contributed by atoms with Gasteiger partial charge >= 0.3 is 0 Å². The number of para-hydroxylation sites is 2. The number of carbonyl (C=O) groups is 2. The van der Waals surface area contributed by atoms with E-state index in [9.17, 15) is 9.59 Å². The molecule has 2 aromatic heterocycles. The number of piperazine rings is 1. The van der Waals surface area contributed by atoms with Gasteiger partial charge in [-0.25, -0.2) is 4.98 Å². The Bertz CT molecular complexity index is 1150. The highest BCUT2D eigenvalue weighted by atomic mass is 16.5. The van der Waals surface area contributed by atoms with E-state index in [1.807, 2.05) is 65.7 Å². The van der Waals surface area contributed by atoms with Gasteiger partial charge in [-0.1, -0.05) is 18.2 Å². The van der Waals surface area contributed by atoms with Crippen LogP contribution in [0.2, 0.25) is 0 Å². The average molecular weight is 450 g/mol. The normalized spacial score (nSPS) is 13.9. The van der Waals surface area contributed by atoms with Crippen molar-refractivity contribution in [2.75, 3.05) is 44.7 Å². The van der Waals surface area contributed by atoms with Crippen LogP contribution in [-0.2, 0) is 4.79 Å². The van der Waals surface area contributed by atoms with E-state index in [4.69, 9.17) is 4.74 Å². The third-order valence-corrected chi connectivity index (χ3v) is 6.15. The molecule has 4 rings (SSSR count). The number of pyridine rings is 1. The maximum atomic E-state index is 12.7. The molecule has 8 nitrogen and oxygen atoms in total.